The lowest BCUT2D eigenvalue weighted by Crippen LogP contribution is -2.41. The molecule has 1 rings (SSSR count). The molecule has 0 bridgehead atoms. The van der Waals surface area contributed by atoms with E-state index >= 15 is 0 Å². The van der Waals surface area contributed by atoms with Crippen molar-refractivity contribution >= 4 is 17.5 Å². The van der Waals surface area contributed by atoms with Gasteiger partial charge in [0, 0.05) is 26.2 Å². The molecular weight excluding hydrogens is 192 g/mol. The van der Waals surface area contributed by atoms with E-state index in [1.807, 2.05) is 0 Å². The van der Waals surface area contributed by atoms with Crippen molar-refractivity contribution in [3.05, 3.63) is 0 Å². The topological polar surface area (TPSA) is 41.6 Å². The van der Waals surface area contributed by atoms with Gasteiger partial charge in [-0.1, -0.05) is 0 Å². The minimum atomic E-state index is -0.102. The van der Waals surface area contributed by atoms with Crippen molar-refractivity contribution in [1.29, 1.82) is 0 Å². The van der Waals surface area contributed by atoms with Gasteiger partial charge in [-0.2, -0.15) is 0 Å². The molecule has 1 saturated heterocycles. The number of rotatable bonds is 4. The van der Waals surface area contributed by atoms with Gasteiger partial charge in [-0.15, -0.1) is 11.6 Å². The van der Waals surface area contributed by atoms with Crippen LogP contribution in [0.1, 0.15) is 0 Å². The normalized spacial score (nSPS) is 18.5. The first-order valence-corrected chi connectivity index (χ1v) is 4.99. The molecule has 4 nitrogen and oxygen atoms in total. The van der Waals surface area contributed by atoms with E-state index in [1.54, 1.807) is 0 Å². The number of morpholine rings is 1. The van der Waals surface area contributed by atoms with Gasteiger partial charge in [-0.3, -0.25) is 9.69 Å². The highest BCUT2D eigenvalue weighted by atomic mass is 35.5. The Kier molecular flexibility index (Phi) is 5.12. The average Bonchev–Trinajstić information content (AvgIpc) is 2.19. The molecule has 1 fully saturated rings. The first-order chi connectivity index (χ1) is 6.33. The summed E-state index contributed by atoms with van der Waals surface area (Å²) < 4.78 is 5.20. The number of halogens is 1. The highest BCUT2D eigenvalue weighted by Gasteiger charge is 2.09. The van der Waals surface area contributed by atoms with E-state index in [1.165, 1.54) is 0 Å². The molecule has 1 heterocycles. The van der Waals surface area contributed by atoms with Crippen LogP contribution >= 0.6 is 11.6 Å². The minimum absolute atomic E-state index is 0.0448. The molecule has 0 aromatic heterocycles. The number of amides is 1. The number of hydrogen-bond acceptors (Lipinski definition) is 3. The lowest BCUT2D eigenvalue weighted by atomic mass is 10.4. The Morgan fingerprint density at radius 3 is 2.77 bits per heavy atom. The molecule has 0 atom stereocenters. The van der Waals surface area contributed by atoms with Gasteiger partial charge in [0.1, 0.15) is 5.88 Å². The molecule has 5 heteroatoms. The molecule has 1 N–H and O–H groups in total. The van der Waals surface area contributed by atoms with Crippen LogP contribution in [0.5, 0.6) is 0 Å². The van der Waals surface area contributed by atoms with Gasteiger partial charge in [0.25, 0.3) is 0 Å². The van der Waals surface area contributed by atoms with Crippen LogP contribution in [-0.2, 0) is 9.53 Å². The molecule has 0 spiro atoms. The molecule has 1 amide bonds. The number of carbonyl (C=O) groups excluding carboxylic acids is 1. The fourth-order valence-corrected chi connectivity index (χ4v) is 1.32. The number of hydrogen-bond donors (Lipinski definition) is 1. The van der Waals surface area contributed by atoms with Crippen molar-refractivity contribution < 1.29 is 9.53 Å². The Morgan fingerprint density at radius 1 is 1.46 bits per heavy atom. The van der Waals surface area contributed by atoms with E-state index in [4.69, 9.17) is 16.3 Å². The summed E-state index contributed by atoms with van der Waals surface area (Å²) in [4.78, 5) is 13.0. The number of nitrogens with zero attached hydrogens (tertiary/aromatic N) is 1. The molecule has 1 aliphatic heterocycles. The lowest BCUT2D eigenvalue weighted by molar-refractivity contribution is -0.118. The van der Waals surface area contributed by atoms with Crippen LogP contribution < -0.4 is 5.32 Å². The first-order valence-electron chi connectivity index (χ1n) is 4.45. The molecule has 1 aliphatic rings. The molecule has 0 radical (unpaired) electrons. The number of nitrogens with one attached hydrogen (secondary N) is 1. The number of ether oxygens (including phenoxy) is 1. The second kappa shape index (κ2) is 6.18. The summed E-state index contributed by atoms with van der Waals surface area (Å²) in [5.41, 5.74) is 0. The Hall–Kier alpha value is -0.320. The molecular formula is C8H15ClN2O2. The Morgan fingerprint density at radius 2 is 2.15 bits per heavy atom. The summed E-state index contributed by atoms with van der Waals surface area (Å²) >= 11 is 5.33. The van der Waals surface area contributed by atoms with Crippen molar-refractivity contribution in [2.24, 2.45) is 0 Å². The van der Waals surface area contributed by atoms with Gasteiger partial charge < -0.3 is 10.1 Å². The fourth-order valence-electron chi connectivity index (χ4n) is 1.23. The Balaban J connectivity index is 2.01. The quantitative estimate of drug-likeness (QED) is 0.641. The average molecular weight is 207 g/mol. The van der Waals surface area contributed by atoms with Gasteiger partial charge in [0.05, 0.1) is 13.2 Å². The van der Waals surface area contributed by atoms with Crippen molar-refractivity contribution in [2.75, 3.05) is 45.3 Å². The van der Waals surface area contributed by atoms with Crippen LogP contribution in [-0.4, -0.2) is 56.1 Å². The zero-order chi connectivity index (χ0) is 9.52. The predicted octanol–water partition coefficient (Wildman–Crippen LogP) is -0.326. The van der Waals surface area contributed by atoms with Gasteiger partial charge in [-0.05, 0) is 0 Å². The molecule has 0 aromatic rings. The van der Waals surface area contributed by atoms with Gasteiger partial charge in [-0.25, -0.2) is 0 Å². The van der Waals surface area contributed by atoms with Crippen molar-refractivity contribution in [2.45, 2.75) is 0 Å². The van der Waals surface area contributed by atoms with E-state index in [0.29, 0.717) is 6.54 Å². The summed E-state index contributed by atoms with van der Waals surface area (Å²) in [6.45, 7) is 5.05. The largest absolute Gasteiger partial charge is 0.379 e. The highest BCUT2D eigenvalue weighted by Crippen LogP contribution is 1.94. The maximum Gasteiger partial charge on any atom is 0.234 e. The second-order valence-corrected chi connectivity index (χ2v) is 3.20. The number of carbonyl (C=O) groups is 1. The zero-order valence-electron chi connectivity index (χ0n) is 7.59. The maximum atomic E-state index is 10.8. The monoisotopic (exact) mass is 206 g/mol. The smallest absolute Gasteiger partial charge is 0.234 e. The summed E-state index contributed by atoms with van der Waals surface area (Å²) in [7, 11) is 0. The third kappa shape index (κ3) is 4.45. The van der Waals surface area contributed by atoms with E-state index in [0.717, 1.165) is 32.8 Å². The zero-order valence-corrected chi connectivity index (χ0v) is 8.35. The molecule has 13 heavy (non-hydrogen) atoms. The van der Waals surface area contributed by atoms with Crippen molar-refractivity contribution in [3.63, 3.8) is 0 Å². The van der Waals surface area contributed by atoms with Crippen LogP contribution in [0.4, 0.5) is 0 Å². The lowest BCUT2D eigenvalue weighted by Gasteiger charge is -2.26. The molecule has 0 aliphatic carbocycles. The Labute approximate surface area is 83.2 Å². The van der Waals surface area contributed by atoms with Crippen LogP contribution in [0, 0.1) is 0 Å². The van der Waals surface area contributed by atoms with E-state index in [9.17, 15) is 4.79 Å². The molecule has 76 valence electrons. The van der Waals surface area contributed by atoms with E-state index < -0.39 is 0 Å². The van der Waals surface area contributed by atoms with Crippen molar-refractivity contribution in [3.8, 4) is 0 Å². The predicted molar refractivity (Wildman–Crippen MR) is 51.0 cm³/mol. The summed E-state index contributed by atoms with van der Waals surface area (Å²) in [6, 6.07) is 0. The summed E-state index contributed by atoms with van der Waals surface area (Å²) in [5.74, 6) is -0.0572. The molecule has 0 aromatic carbocycles. The van der Waals surface area contributed by atoms with Gasteiger partial charge >= 0.3 is 0 Å². The van der Waals surface area contributed by atoms with Crippen LogP contribution in [0.3, 0.4) is 0 Å². The summed E-state index contributed by atoms with van der Waals surface area (Å²) in [5, 5.41) is 2.73. The van der Waals surface area contributed by atoms with E-state index in [2.05, 4.69) is 10.2 Å². The standard InChI is InChI=1S/C8H15ClN2O2/c9-7-8(12)10-1-2-11-3-5-13-6-4-11/h1-7H2,(H,10,12). The van der Waals surface area contributed by atoms with Crippen LogP contribution in [0.2, 0.25) is 0 Å². The molecule has 0 unspecified atom stereocenters. The molecule has 0 saturated carbocycles. The van der Waals surface area contributed by atoms with Crippen LogP contribution in [0.15, 0.2) is 0 Å². The third-order valence-corrected chi connectivity index (χ3v) is 2.22. The van der Waals surface area contributed by atoms with Crippen LogP contribution in [0.25, 0.3) is 0 Å². The fraction of sp³-hybridized carbons (Fsp3) is 0.875. The third-order valence-electron chi connectivity index (χ3n) is 1.98. The first kappa shape index (κ1) is 10.8. The SMILES string of the molecule is O=C(CCl)NCCN1CCOCC1. The van der Waals surface area contributed by atoms with Gasteiger partial charge in [0.2, 0.25) is 5.91 Å². The van der Waals surface area contributed by atoms with Gasteiger partial charge in [0.15, 0.2) is 0 Å². The van der Waals surface area contributed by atoms with Crippen molar-refractivity contribution in [1.82, 2.24) is 10.2 Å². The Bertz CT molecular complexity index is 160. The summed E-state index contributed by atoms with van der Waals surface area (Å²) in [6.07, 6.45) is 0. The second-order valence-electron chi connectivity index (χ2n) is 2.94. The number of alkyl halides is 1. The minimum Gasteiger partial charge on any atom is -0.379 e. The van der Waals surface area contributed by atoms with E-state index in [-0.39, 0.29) is 11.8 Å². The highest BCUT2D eigenvalue weighted by molar-refractivity contribution is 6.27. The maximum absolute atomic E-state index is 10.8.